The number of H-pyrrole nitrogens is 1. The molecule has 0 saturated carbocycles. The Labute approximate surface area is 150 Å². The summed E-state index contributed by atoms with van der Waals surface area (Å²) in [4.78, 5) is 49.5. The molecule has 0 aliphatic rings. The maximum atomic E-state index is 12.9. The minimum absolute atomic E-state index is 0.214. The van der Waals surface area contributed by atoms with E-state index >= 15 is 0 Å². The molecule has 0 radical (unpaired) electrons. The van der Waals surface area contributed by atoms with E-state index in [1.54, 1.807) is 19.1 Å². The van der Waals surface area contributed by atoms with Crippen molar-refractivity contribution >= 4 is 11.6 Å². The molecule has 0 aliphatic heterocycles. The number of nitrogens with one attached hydrogen (secondary N) is 1. The van der Waals surface area contributed by atoms with E-state index in [1.165, 1.54) is 26.4 Å². The highest BCUT2D eigenvalue weighted by molar-refractivity contribution is 6.30. The molecular weight excluding hydrogens is 362 g/mol. The Kier molecular flexibility index (Phi) is 4.25. The van der Waals surface area contributed by atoms with Crippen LogP contribution >= 0.6 is 11.6 Å². The predicted molar refractivity (Wildman–Crippen MR) is 96.1 cm³/mol. The fraction of sp³-hybridized carbons (Fsp3) is 0.188. The molecule has 0 unspecified atom stereocenters. The van der Waals surface area contributed by atoms with E-state index in [2.05, 4.69) is 10.2 Å². The Hall–Kier alpha value is -3.20. The Morgan fingerprint density at radius 3 is 2.42 bits per heavy atom. The molecule has 0 bridgehead atoms. The number of benzene rings is 1. The van der Waals surface area contributed by atoms with Crippen molar-refractivity contribution in [3.05, 3.63) is 76.4 Å². The lowest BCUT2D eigenvalue weighted by atomic mass is 10.2. The largest absolute Gasteiger partial charge is 0.351 e. The van der Waals surface area contributed by atoms with Crippen molar-refractivity contribution in [2.75, 3.05) is 0 Å². The van der Waals surface area contributed by atoms with Crippen molar-refractivity contribution in [1.82, 2.24) is 24.1 Å². The summed E-state index contributed by atoms with van der Waals surface area (Å²) < 4.78 is 2.81. The van der Waals surface area contributed by atoms with Crippen LogP contribution in [0.2, 0.25) is 5.02 Å². The van der Waals surface area contributed by atoms with E-state index in [9.17, 15) is 19.2 Å². The quantitative estimate of drug-likeness (QED) is 0.631. The summed E-state index contributed by atoms with van der Waals surface area (Å²) in [7, 11) is 2.72. The van der Waals surface area contributed by atoms with E-state index in [-0.39, 0.29) is 11.3 Å². The van der Waals surface area contributed by atoms with Gasteiger partial charge < -0.3 is 5.10 Å². The van der Waals surface area contributed by atoms with Gasteiger partial charge in [0.2, 0.25) is 0 Å². The Morgan fingerprint density at radius 2 is 1.77 bits per heavy atom. The van der Waals surface area contributed by atoms with Gasteiger partial charge in [0, 0.05) is 25.3 Å². The average molecular weight is 376 g/mol. The first kappa shape index (κ1) is 17.6. The number of hydrogen-bond acceptors (Lipinski definition) is 5. The van der Waals surface area contributed by atoms with Gasteiger partial charge in [0.15, 0.2) is 5.69 Å². The number of nitrogens with zero attached hydrogens (tertiary/aromatic N) is 4. The third-order valence-corrected chi connectivity index (χ3v) is 4.16. The maximum absolute atomic E-state index is 12.9. The predicted octanol–water partition coefficient (Wildman–Crippen LogP) is -0.0530. The lowest BCUT2D eigenvalue weighted by Gasteiger charge is -2.11. The van der Waals surface area contributed by atoms with Gasteiger partial charge in [-0.25, -0.2) is 14.0 Å². The number of aromatic nitrogens is 5. The number of hydrogen-bond donors (Lipinski definition) is 1. The molecule has 0 aliphatic carbocycles. The van der Waals surface area contributed by atoms with Gasteiger partial charge in [-0.1, -0.05) is 11.6 Å². The van der Waals surface area contributed by atoms with Crippen molar-refractivity contribution < 1.29 is 0 Å². The first-order valence-corrected chi connectivity index (χ1v) is 7.86. The zero-order valence-electron chi connectivity index (χ0n) is 14.1. The van der Waals surface area contributed by atoms with Gasteiger partial charge in [0.1, 0.15) is 0 Å². The van der Waals surface area contributed by atoms with Crippen molar-refractivity contribution in [2.45, 2.75) is 6.92 Å². The van der Waals surface area contributed by atoms with Crippen molar-refractivity contribution in [1.29, 1.82) is 0 Å². The second kappa shape index (κ2) is 6.26. The van der Waals surface area contributed by atoms with Crippen LogP contribution in [0.25, 0.3) is 16.9 Å². The molecule has 9 nitrogen and oxygen atoms in total. The Bertz CT molecular complexity index is 1270. The van der Waals surface area contributed by atoms with Crippen molar-refractivity contribution in [3.8, 4) is 16.9 Å². The van der Waals surface area contributed by atoms with E-state index in [0.29, 0.717) is 16.3 Å². The smallest absolute Gasteiger partial charge is 0.302 e. The van der Waals surface area contributed by atoms with Gasteiger partial charge in [-0.05, 0) is 30.7 Å². The number of rotatable bonds is 2. The molecule has 0 atom stereocenters. The Balaban J connectivity index is 2.43. The molecule has 3 aromatic rings. The van der Waals surface area contributed by atoms with E-state index in [0.717, 1.165) is 13.9 Å². The summed E-state index contributed by atoms with van der Waals surface area (Å²) in [5, 5.41) is 6.89. The standard InChI is InChI=1S/C16H14ClN5O4/c1-8-6-9(17)4-5-11(8)22-14(24)12(19-21(3)16(22)26)10-7-18-20(2)15(25)13(10)23/h4-7,18H,1-3H3. The van der Waals surface area contributed by atoms with Crippen LogP contribution < -0.4 is 22.2 Å². The van der Waals surface area contributed by atoms with Gasteiger partial charge >= 0.3 is 11.2 Å². The SMILES string of the molecule is Cc1cc(Cl)ccc1-n1c(=O)c(-c2c[nH]n(C)c(=O)c2=O)nn(C)c1=O. The molecule has 134 valence electrons. The minimum atomic E-state index is -0.895. The summed E-state index contributed by atoms with van der Waals surface area (Å²) in [6.07, 6.45) is 1.21. The molecule has 0 saturated heterocycles. The van der Waals surface area contributed by atoms with Crippen LogP contribution in [0, 0.1) is 6.92 Å². The number of halogens is 1. The van der Waals surface area contributed by atoms with Crippen LogP contribution in [-0.4, -0.2) is 24.1 Å². The first-order valence-electron chi connectivity index (χ1n) is 7.48. The topological polar surface area (TPSA) is 112 Å². The van der Waals surface area contributed by atoms with Gasteiger partial charge in [0.25, 0.3) is 11.0 Å². The molecule has 1 N–H and O–H groups in total. The fourth-order valence-electron chi connectivity index (χ4n) is 2.55. The molecular formula is C16H14ClN5O4. The monoisotopic (exact) mass is 375 g/mol. The lowest BCUT2D eigenvalue weighted by Crippen LogP contribution is -2.42. The molecule has 0 spiro atoms. The van der Waals surface area contributed by atoms with Gasteiger partial charge in [0.05, 0.1) is 11.3 Å². The van der Waals surface area contributed by atoms with Crippen LogP contribution in [0.1, 0.15) is 5.56 Å². The summed E-state index contributed by atoms with van der Waals surface area (Å²) in [5.41, 5.74) is -2.85. The van der Waals surface area contributed by atoms with E-state index in [4.69, 9.17) is 11.6 Å². The van der Waals surface area contributed by atoms with Gasteiger partial charge in [-0.15, -0.1) is 0 Å². The summed E-state index contributed by atoms with van der Waals surface area (Å²) in [6.45, 7) is 1.69. The zero-order chi connectivity index (χ0) is 19.2. The summed E-state index contributed by atoms with van der Waals surface area (Å²) in [6, 6.07) is 4.67. The highest BCUT2D eigenvalue weighted by Crippen LogP contribution is 2.17. The molecule has 0 amide bonds. The molecule has 2 heterocycles. The van der Waals surface area contributed by atoms with Gasteiger partial charge in [-0.3, -0.25) is 19.1 Å². The van der Waals surface area contributed by atoms with Crippen molar-refractivity contribution in [2.24, 2.45) is 14.1 Å². The molecule has 0 fully saturated rings. The molecule has 3 rings (SSSR count). The summed E-state index contributed by atoms with van der Waals surface area (Å²) in [5.74, 6) is 0. The Morgan fingerprint density at radius 1 is 1.08 bits per heavy atom. The molecule has 1 aromatic carbocycles. The lowest BCUT2D eigenvalue weighted by molar-refractivity contribution is 0.633. The van der Waals surface area contributed by atoms with Crippen LogP contribution in [0.4, 0.5) is 0 Å². The summed E-state index contributed by atoms with van der Waals surface area (Å²) >= 11 is 5.93. The highest BCUT2D eigenvalue weighted by Gasteiger charge is 2.19. The minimum Gasteiger partial charge on any atom is -0.302 e. The fourth-order valence-corrected chi connectivity index (χ4v) is 2.78. The second-order valence-electron chi connectivity index (χ2n) is 5.71. The average Bonchev–Trinajstić information content (AvgIpc) is 2.58. The molecule has 2 aromatic heterocycles. The van der Waals surface area contributed by atoms with Crippen LogP contribution in [0.5, 0.6) is 0 Å². The van der Waals surface area contributed by atoms with E-state index in [1.807, 2.05) is 0 Å². The maximum Gasteiger partial charge on any atom is 0.351 e. The number of aromatic amines is 1. The highest BCUT2D eigenvalue weighted by atomic mass is 35.5. The van der Waals surface area contributed by atoms with E-state index < -0.39 is 22.2 Å². The third-order valence-electron chi connectivity index (χ3n) is 3.92. The van der Waals surface area contributed by atoms with Gasteiger partial charge in [-0.2, -0.15) is 5.10 Å². The second-order valence-corrected chi connectivity index (χ2v) is 6.14. The van der Waals surface area contributed by atoms with Crippen LogP contribution in [0.15, 0.2) is 43.6 Å². The molecule has 10 heteroatoms. The molecule has 26 heavy (non-hydrogen) atoms. The third kappa shape index (κ3) is 2.72. The van der Waals surface area contributed by atoms with Crippen LogP contribution in [-0.2, 0) is 14.1 Å². The van der Waals surface area contributed by atoms with Crippen LogP contribution in [0.3, 0.4) is 0 Å². The normalized spacial score (nSPS) is 10.9. The van der Waals surface area contributed by atoms with Crippen molar-refractivity contribution in [3.63, 3.8) is 0 Å². The zero-order valence-corrected chi connectivity index (χ0v) is 14.9. The number of aryl methyl sites for hydroxylation is 3. The first-order chi connectivity index (χ1) is 12.2.